The van der Waals surface area contributed by atoms with E-state index in [1.165, 1.54) is 25.3 Å². The molecule has 1 aromatic heterocycles. The van der Waals surface area contributed by atoms with Gasteiger partial charge in [-0.15, -0.1) is 0 Å². The molecule has 0 aliphatic heterocycles. The molecule has 1 heterocycles. The van der Waals surface area contributed by atoms with E-state index in [-0.39, 0.29) is 17.5 Å². The molecule has 1 N–H and O–H groups in total. The molecule has 0 saturated heterocycles. The van der Waals surface area contributed by atoms with Gasteiger partial charge in [0.1, 0.15) is 17.7 Å². The molecule has 0 radical (unpaired) electrons. The van der Waals surface area contributed by atoms with Crippen molar-refractivity contribution in [3.05, 3.63) is 84.1 Å². The lowest BCUT2D eigenvalue weighted by Crippen LogP contribution is -2.39. The van der Waals surface area contributed by atoms with Crippen LogP contribution in [0.25, 0.3) is 16.6 Å². The highest BCUT2D eigenvalue weighted by Gasteiger charge is 2.25. The molecule has 0 fully saturated rings. The average molecular weight is 508 g/mol. The Morgan fingerprint density at radius 2 is 1.84 bits per heavy atom. The van der Waals surface area contributed by atoms with Crippen LogP contribution in [0.2, 0.25) is 0 Å². The highest BCUT2D eigenvalue weighted by molar-refractivity contribution is 5.81. The van der Waals surface area contributed by atoms with Crippen molar-refractivity contribution >= 4 is 16.8 Å². The second-order valence-electron chi connectivity index (χ2n) is 9.00. The molecule has 3 aromatic carbocycles. The Morgan fingerprint density at radius 1 is 1.05 bits per heavy atom. The van der Waals surface area contributed by atoms with E-state index in [2.05, 4.69) is 17.3 Å². The zero-order chi connectivity index (χ0) is 26.4. The van der Waals surface area contributed by atoms with Crippen LogP contribution in [0, 0.1) is 11.6 Å². The molecule has 2 atom stereocenters. The van der Waals surface area contributed by atoms with Gasteiger partial charge in [-0.2, -0.15) is 5.10 Å². The normalized spacial score (nSPS) is 12.8. The summed E-state index contributed by atoms with van der Waals surface area (Å²) in [6.45, 7) is 3.93. The van der Waals surface area contributed by atoms with E-state index in [1.807, 2.05) is 19.1 Å². The number of fused-ring (bicyclic) bond motifs is 1. The topological polar surface area (TPSA) is 65.4 Å². The van der Waals surface area contributed by atoms with Crippen LogP contribution < -0.4 is 14.8 Å². The number of carbonyl (C=O) groups is 1. The van der Waals surface area contributed by atoms with Gasteiger partial charge in [0.2, 0.25) is 5.91 Å². The van der Waals surface area contributed by atoms with Crippen LogP contribution in [0.5, 0.6) is 11.5 Å². The fourth-order valence-corrected chi connectivity index (χ4v) is 4.27. The first-order valence-corrected chi connectivity index (χ1v) is 12.4. The van der Waals surface area contributed by atoms with Crippen LogP contribution >= 0.6 is 0 Å². The molecule has 37 heavy (non-hydrogen) atoms. The van der Waals surface area contributed by atoms with Gasteiger partial charge < -0.3 is 14.8 Å². The maximum atomic E-state index is 14.6. The Labute approximate surface area is 215 Å². The number of halogens is 2. The van der Waals surface area contributed by atoms with Gasteiger partial charge in [-0.3, -0.25) is 4.79 Å². The van der Waals surface area contributed by atoms with Gasteiger partial charge in [-0.25, -0.2) is 13.5 Å². The van der Waals surface area contributed by atoms with Gasteiger partial charge in [-0.05, 0) is 73.5 Å². The largest absolute Gasteiger partial charge is 0.494 e. The fraction of sp³-hybridized carbons (Fsp3) is 0.310. The lowest BCUT2D eigenvalue weighted by molar-refractivity contribution is -0.122. The maximum Gasteiger partial charge on any atom is 0.220 e. The van der Waals surface area contributed by atoms with Crippen molar-refractivity contribution in [1.29, 1.82) is 0 Å². The Kier molecular flexibility index (Phi) is 8.38. The van der Waals surface area contributed by atoms with Gasteiger partial charge >= 0.3 is 0 Å². The molecular weight excluding hydrogens is 476 g/mol. The molecular formula is C29H31F2N3O3. The summed E-state index contributed by atoms with van der Waals surface area (Å²) >= 11 is 0. The summed E-state index contributed by atoms with van der Waals surface area (Å²) in [4.78, 5) is 12.5. The number of carbonyl (C=O) groups excluding carboxylic acids is 1. The Morgan fingerprint density at radius 3 is 2.54 bits per heavy atom. The van der Waals surface area contributed by atoms with Gasteiger partial charge in [0.15, 0.2) is 11.6 Å². The van der Waals surface area contributed by atoms with E-state index in [0.29, 0.717) is 17.7 Å². The highest BCUT2D eigenvalue weighted by Crippen LogP contribution is 2.31. The van der Waals surface area contributed by atoms with Crippen molar-refractivity contribution in [2.24, 2.45) is 0 Å². The predicted molar refractivity (Wildman–Crippen MR) is 139 cm³/mol. The summed E-state index contributed by atoms with van der Waals surface area (Å²) in [5, 5.41) is 8.26. The lowest BCUT2D eigenvalue weighted by atomic mass is 10.0. The zero-order valence-corrected chi connectivity index (χ0v) is 21.2. The van der Waals surface area contributed by atoms with Crippen LogP contribution in [0.3, 0.4) is 0 Å². The van der Waals surface area contributed by atoms with E-state index in [9.17, 15) is 13.6 Å². The third-order valence-electron chi connectivity index (χ3n) is 6.23. The molecule has 8 heteroatoms. The summed E-state index contributed by atoms with van der Waals surface area (Å²) in [5.41, 5.74) is 2.13. The minimum atomic E-state index is -0.653. The fourth-order valence-electron chi connectivity index (χ4n) is 4.27. The number of hydrogen-bond acceptors (Lipinski definition) is 4. The molecule has 0 unspecified atom stereocenters. The molecule has 6 nitrogen and oxygen atoms in total. The number of nitrogens with zero attached hydrogens (tertiary/aromatic N) is 2. The first kappa shape index (κ1) is 26.1. The summed E-state index contributed by atoms with van der Waals surface area (Å²) in [6.07, 6.45) is 4.30. The molecule has 4 aromatic rings. The summed E-state index contributed by atoms with van der Waals surface area (Å²) in [7, 11) is 1.41. The van der Waals surface area contributed by atoms with Crippen LogP contribution in [-0.2, 0) is 4.79 Å². The van der Waals surface area contributed by atoms with E-state index < -0.39 is 18.0 Å². The van der Waals surface area contributed by atoms with Crippen molar-refractivity contribution in [3.63, 3.8) is 0 Å². The standard InChI is InChI=1S/C29H31F2N3O3/c1-4-5-6-7-28(35)33-19(2)29(20-8-15-27(36-3)25(31)17-20)37-24-13-14-26-21(16-24)18-32-34(26)23-11-9-22(30)10-12-23/h8-19,29H,4-7H2,1-3H3,(H,33,35)/t19-,29-/m0/s1. The minimum Gasteiger partial charge on any atom is -0.494 e. The number of unbranched alkanes of at least 4 members (excludes halogenated alkanes) is 2. The molecule has 0 saturated carbocycles. The number of amides is 1. The number of rotatable bonds is 11. The molecule has 0 bridgehead atoms. The number of methoxy groups -OCH3 is 1. The van der Waals surface area contributed by atoms with Crippen molar-refractivity contribution < 1.29 is 23.0 Å². The zero-order valence-electron chi connectivity index (χ0n) is 21.2. The Hall–Kier alpha value is -3.94. The monoisotopic (exact) mass is 507 g/mol. The second-order valence-corrected chi connectivity index (χ2v) is 9.00. The smallest absolute Gasteiger partial charge is 0.220 e. The Balaban J connectivity index is 1.60. The van der Waals surface area contributed by atoms with Crippen molar-refractivity contribution in [2.75, 3.05) is 7.11 Å². The molecule has 0 aliphatic carbocycles. The average Bonchev–Trinajstić information content (AvgIpc) is 3.31. The first-order chi connectivity index (χ1) is 17.9. The lowest BCUT2D eigenvalue weighted by Gasteiger charge is -2.27. The van der Waals surface area contributed by atoms with E-state index in [4.69, 9.17) is 9.47 Å². The summed E-state index contributed by atoms with van der Waals surface area (Å²) in [6, 6.07) is 15.8. The number of hydrogen-bond donors (Lipinski definition) is 1. The quantitative estimate of drug-likeness (QED) is 0.235. The van der Waals surface area contributed by atoms with Crippen LogP contribution in [-0.4, -0.2) is 28.8 Å². The predicted octanol–water partition coefficient (Wildman–Crippen LogP) is 6.52. The number of benzene rings is 3. The van der Waals surface area contributed by atoms with Gasteiger partial charge in [0.25, 0.3) is 0 Å². The van der Waals surface area contributed by atoms with Gasteiger partial charge in [0.05, 0.1) is 30.6 Å². The number of ether oxygens (including phenoxy) is 2. The third kappa shape index (κ3) is 6.25. The second kappa shape index (κ2) is 11.9. The van der Waals surface area contributed by atoms with Crippen LogP contribution in [0.4, 0.5) is 8.78 Å². The van der Waals surface area contributed by atoms with Gasteiger partial charge in [0, 0.05) is 11.8 Å². The molecule has 0 spiro atoms. The van der Waals surface area contributed by atoms with E-state index >= 15 is 0 Å². The molecule has 1 amide bonds. The maximum absolute atomic E-state index is 14.6. The highest BCUT2D eigenvalue weighted by atomic mass is 19.1. The Bertz CT molecular complexity index is 1350. The molecule has 4 rings (SSSR count). The van der Waals surface area contributed by atoms with Gasteiger partial charge in [-0.1, -0.05) is 25.8 Å². The van der Waals surface area contributed by atoms with Crippen molar-refractivity contribution in [2.45, 2.75) is 51.7 Å². The molecule has 0 aliphatic rings. The third-order valence-corrected chi connectivity index (χ3v) is 6.23. The minimum absolute atomic E-state index is 0.0699. The number of nitrogens with one attached hydrogen (secondary N) is 1. The van der Waals surface area contributed by atoms with Crippen molar-refractivity contribution in [1.82, 2.24) is 15.1 Å². The van der Waals surface area contributed by atoms with Crippen LogP contribution in [0.15, 0.2) is 66.9 Å². The number of aromatic nitrogens is 2. The summed E-state index contributed by atoms with van der Waals surface area (Å²) in [5.74, 6) is -0.220. The summed E-state index contributed by atoms with van der Waals surface area (Å²) < 4.78 is 41.0. The first-order valence-electron chi connectivity index (χ1n) is 12.4. The van der Waals surface area contributed by atoms with E-state index in [1.54, 1.807) is 41.2 Å². The van der Waals surface area contributed by atoms with Crippen LogP contribution in [0.1, 0.15) is 51.2 Å². The SMILES string of the molecule is CCCCCC(=O)N[C@@H](C)[C@H](Oc1ccc2c(cnn2-c2ccc(F)cc2)c1)c1ccc(OC)c(F)c1. The molecule has 194 valence electrons. The van der Waals surface area contributed by atoms with E-state index in [0.717, 1.165) is 35.9 Å². The van der Waals surface area contributed by atoms with Crippen molar-refractivity contribution in [3.8, 4) is 17.2 Å².